The van der Waals surface area contributed by atoms with Crippen LogP contribution in [0.2, 0.25) is 0 Å². The van der Waals surface area contributed by atoms with Crippen LogP contribution in [0.5, 0.6) is 0 Å². The van der Waals surface area contributed by atoms with Crippen molar-refractivity contribution >= 4 is 33.4 Å². The van der Waals surface area contributed by atoms with E-state index in [1.807, 2.05) is 25.1 Å². The minimum absolute atomic E-state index is 0.0243. The number of benzene rings is 1. The second-order valence-electron chi connectivity index (χ2n) is 4.43. The summed E-state index contributed by atoms with van der Waals surface area (Å²) in [6, 6.07) is 5.64. The number of halogens is 2. The lowest BCUT2D eigenvalue weighted by atomic mass is 10.0. The van der Waals surface area contributed by atoms with Gasteiger partial charge in [0.2, 0.25) is 0 Å². The first-order chi connectivity index (χ1) is 8.58. The molecule has 1 rings (SSSR count). The predicted octanol–water partition coefficient (Wildman–Crippen LogP) is 4.14. The molecule has 1 aromatic carbocycles. The van der Waals surface area contributed by atoms with Gasteiger partial charge in [0, 0.05) is 22.5 Å². The van der Waals surface area contributed by atoms with E-state index in [0.29, 0.717) is 23.9 Å². The fourth-order valence-corrected chi connectivity index (χ4v) is 2.37. The van der Waals surface area contributed by atoms with E-state index in [-0.39, 0.29) is 5.91 Å². The van der Waals surface area contributed by atoms with Gasteiger partial charge in [0.25, 0.3) is 5.91 Å². The van der Waals surface area contributed by atoms with Crippen LogP contribution in [0.4, 0.5) is 0 Å². The van der Waals surface area contributed by atoms with Gasteiger partial charge >= 0.3 is 0 Å². The van der Waals surface area contributed by atoms with Crippen LogP contribution in [-0.4, -0.2) is 18.3 Å². The lowest BCUT2D eigenvalue weighted by Gasteiger charge is -2.14. The largest absolute Gasteiger partial charge is 0.352 e. The molecule has 1 atom stereocenters. The highest BCUT2D eigenvalue weighted by molar-refractivity contribution is 9.10. The lowest BCUT2D eigenvalue weighted by molar-refractivity contribution is 0.0946. The Kier molecular flexibility index (Phi) is 6.72. The number of carbonyl (C=O) groups excluding carboxylic acids is 1. The van der Waals surface area contributed by atoms with Gasteiger partial charge in [-0.3, -0.25) is 4.79 Å². The van der Waals surface area contributed by atoms with Gasteiger partial charge in [-0.25, -0.2) is 0 Å². The maximum Gasteiger partial charge on any atom is 0.251 e. The van der Waals surface area contributed by atoms with Crippen molar-refractivity contribution in [3.8, 4) is 0 Å². The molecule has 0 aliphatic rings. The summed E-state index contributed by atoms with van der Waals surface area (Å²) in [5.74, 6) is 1.08. The normalized spacial score (nSPS) is 12.2. The minimum Gasteiger partial charge on any atom is -0.352 e. The van der Waals surface area contributed by atoms with Crippen molar-refractivity contribution < 1.29 is 4.79 Å². The smallest absolute Gasteiger partial charge is 0.251 e. The van der Waals surface area contributed by atoms with Crippen molar-refractivity contribution in [2.75, 3.05) is 12.4 Å². The quantitative estimate of drug-likeness (QED) is 0.779. The highest BCUT2D eigenvalue weighted by atomic mass is 79.9. The average Bonchev–Trinajstić information content (AvgIpc) is 2.37. The summed E-state index contributed by atoms with van der Waals surface area (Å²) in [6.45, 7) is 4.80. The molecular formula is C14H19BrClNO. The Morgan fingerprint density at radius 3 is 2.78 bits per heavy atom. The Morgan fingerprint density at radius 2 is 2.22 bits per heavy atom. The zero-order valence-corrected chi connectivity index (χ0v) is 13.1. The minimum atomic E-state index is -0.0243. The second-order valence-corrected chi connectivity index (χ2v) is 5.66. The molecule has 0 aliphatic heterocycles. The molecule has 0 saturated carbocycles. The molecule has 0 saturated heterocycles. The molecule has 0 radical (unpaired) electrons. The fourth-order valence-electron chi connectivity index (χ4n) is 1.68. The maximum absolute atomic E-state index is 12.0. The fraction of sp³-hybridized carbons (Fsp3) is 0.500. The third-order valence-corrected chi connectivity index (χ3v) is 4.15. The van der Waals surface area contributed by atoms with Gasteiger partial charge in [-0.2, -0.15) is 0 Å². The van der Waals surface area contributed by atoms with Crippen molar-refractivity contribution in [2.45, 2.75) is 26.7 Å². The topological polar surface area (TPSA) is 29.1 Å². The zero-order valence-electron chi connectivity index (χ0n) is 10.8. The summed E-state index contributed by atoms with van der Waals surface area (Å²) in [7, 11) is 0. The number of nitrogens with one attached hydrogen (secondary N) is 1. The van der Waals surface area contributed by atoms with Crippen molar-refractivity contribution in [2.24, 2.45) is 5.92 Å². The monoisotopic (exact) mass is 331 g/mol. The SMILES string of the molecule is CCC(CCCl)CNC(=O)c1ccc(C)c(Br)c1. The Bertz CT molecular complexity index is 409. The average molecular weight is 333 g/mol. The second kappa shape index (κ2) is 7.80. The summed E-state index contributed by atoms with van der Waals surface area (Å²) in [5.41, 5.74) is 1.81. The number of carbonyl (C=O) groups is 1. The number of hydrogen-bond acceptors (Lipinski definition) is 1. The molecule has 18 heavy (non-hydrogen) atoms. The number of rotatable bonds is 6. The first-order valence-electron chi connectivity index (χ1n) is 6.18. The summed E-state index contributed by atoms with van der Waals surface area (Å²) < 4.78 is 0.961. The van der Waals surface area contributed by atoms with Crippen LogP contribution in [0.3, 0.4) is 0 Å². The Labute approximate surface area is 122 Å². The van der Waals surface area contributed by atoms with Crippen LogP contribution < -0.4 is 5.32 Å². The van der Waals surface area contributed by atoms with E-state index in [0.717, 1.165) is 22.9 Å². The molecule has 0 heterocycles. The molecule has 0 spiro atoms. The molecule has 0 fully saturated rings. The number of amides is 1. The van der Waals surface area contributed by atoms with E-state index in [4.69, 9.17) is 11.6 Å². The summed E-state index contributed by atoms with van der Waals surface area (Å²) in [4.78, 5) is 12.0. The van der Waals surface area contributed by atoms with E-state index in [9.17, 15) is 4.79 Å². The standard InChI is InChI=1S/C14H19BrClNO/c1-3-11(6-7-16)9-17-14(18)12-5-4-10(2)13(15)8-12/h4-5,8,11H,3,6-7,9H2,1-2H3,(H,17,18). The third kappa shape index (κ3) is 4.62. The van der Waals surface area contributed by atoms with Gasteiger partial charge in [0.05, 0.1) is 0 Å². The van der Waals surface area contributed by atoms with Crippen LogP contribution >= 0.6 is 27.5 Å². The van der Waals surface area contributed by atoms with Gasteiger partial charge in [0.15, 0.2) is 0 Å². The van der Waals surface area contributed by atoms with E-state index in [1.165, 1.54) is 0 Å². The van der Waals surface area contributed by atoms with Crippen LogP contribution in [0, 0.1) is 12.8 Å². The van der Waals surface area contributed by atoms with E-state index in [2.05, 4.69) is 28.2 Å². The van der Waals surface area contributed by atoms with Crippen LogP contribution in [0.25, 0.3) is 0 Å². The number of hydrogen-bond donors (Lipinski definition) is 1. The number of aryl methyl sites for hydroxylation is 1. The Hall–Kier alpha value is -0.540. The predicted molar refractivity (Wildman–Crippen MR) is 80.3 cm³/mol. The first-order valence-corrected chi connectivity index (χ1v) is 7.51. The lowest BCUT2D eigenvalue weighted by Crippen LogP contribution is -2.29. The van der Waals surface area contributed by atoms with Crippen LogP contribution in [0.15, 0.2) is 22.7 Å². The molecule has 0 aliphatic carbocycles. The highest BCUT2D eigenvalue weighted by Crippen LogP contribution is 2.17. The maximum atomic E-state index is 12.0. The van der Waals surface area contributed by atoms with Gasteiger partial charge in [0.1, 0.15) is 0 Å². The van der Waals surface area contributed by atoms with Gasteiger partial charge in [-0.05, 0) is 37.0 Å². The molecule has 1 unspecified atom stereocenters. The van der Waals surface area contributed by atoms with Crippen LogP contribution in [0.1, 0.15) is 35.7 Å². The van der Waals surface area contributed by atoms with Gasteiger partial charge in [-0.1, -0.05) is 35.3 Å². The molecular weight excluding hydrogens is 314 g/mol. The van der Waals surface area contributed by atoms with E-state index >= 15 is 0 Å². The molecule has 1 amide bonds. The van der Waals surface area contributed by atoms with Crippen molar-refractivity contribution in [3.05, 3.63) is 33.8 Å². The zero-order chi connectivity index (χ0) is 13.5. The summed E-state index contributed by atoms with van der Waals surface area (Å²) >= 11 is 9.16. The molecule has 2 nitrogen and oxygen atoms in total. The van der Waals surface area contributed by atoms with Crippen molar-refractivity contribution in [1.29, 1.82) is 0 Å². The van der Waals surface area contributed by atoms with Gasteiger partial charge < -0.3 is 5.32 Å². The first kappa shape index (κ1) is 15.5. The highest BCUT2D eigenvalue weighted by Gasteiger charge is 2.10. The summed E-state index contributed by atoms with van der Waals surface area (Å²) in [6.07, 6.45) is 1.97. The molecule has 100 valence electrons. The molecule has 1 aromatic rings. The van der Waals surface area contributed by atoms with E-state index in [1.54, 1.807) is 0 Å². The number of alkyl halides is 1. The van der Waals surface area contributed by atoms with Crippen LogP contribution in [-0.2, 0) is 0 Å². The summed E-state index contributed by atoms with van der Waals surface area (Å²) in [5, 5.41) is 2.96. The molecule has 0 aromatic heterocycles. The third-order valence-electron chi connectivity index (χ3n) is 3.08. The molecule has 1 N–H and O–H groups in total. The van der Waals surface area contributed by atoms with Crippen molar-refractivity contribution in [1.82, 2.24) is 5.32 Å². The Morgan fingerprint density at radius 1 is 1.50 bits per heavy atom. The molecule has 0 bridgehead atoms. The van der Waals surface area contributed by atoms with Gasteiger partial charge in [-0.15, -0.1) is 11.6 Å². The van der Waals surface area contributed by atoms with Crippen molar-refractivity contribution in [3.63, 3.8) is 0 Å². The van der Waals surface area contributed by atoms with E-state index < -0.39 is 0 Å². The molecule has 4 heteroatoms. The Balaban J connectivity index is 2.57.